The predicted octanol–water partition coefficient (Wildman–Crippen LogP) is 2.50. The van der Waals surface area contributed by atoms with Crippen molar-refractivity contribution < 1.29 is 0 Å². The molecule has 0 fully saturated rings. The Kier molecular flexibility index (Phi) is 2.72. The molecule has 0 spiro atoms. The molecule has 0 saturated carbocycles. The van der Waals surface area contributed by atoms with Crippen LogP contribution in [0.15, 0.2) is 28.7 Å². The first-order valence-electron chi connectivity index (χ1n) is 5.70. The summed E-state index contributed by atoms with van der Waals surface area (Å²) in [5.41, 5.74) is 7.06. The van der Waals surface area contributed by atoms with E-state index in [1.165, 1.54) is 0 Å². The van der Waals surface area contributed by atoms with Gasteiger partial charge in [-0.3, -0.25) is 0 Å². The zero-order valence-corrected chi connectivity index (χ0v) is 10.9. The van der Waals surface area contributed by atoms with Crippen LogP contribution in [-0.4, -0.2) is 14.8 Å². The predicted molar refractivity (Wildman–Crippen MR) is 69.3 cm³/mol. The maximum Gasteiger partial charge on any atom is 0.181 e. The molecule has 3 rings (SSSR count). The second-order valence-electron chi connectivity index (χ2n) is 4.28. The van der Waals surface area contributed by atoms with E-state index in [0.717, 1.165) is 41.1 Å². The number of aromatic nitrogens is 3. The molecule has 2 N–H and O–H groups in total. The summed E-state index contributed by atoms with van der Waals surface area (Å²) < 4.78 is 2.97. The van der Waals surface area contributed by atoms with E-state index in [1.807, 2.05) is 28.9 Å². The van der Waals surface area contributed by atoms with E-state index in [1.54, 1.807) is 0 Å². The number of nitrogens with two attached hydrogens (primary N) is 1. The average Bonchev–Trinajstić information content (AvgIpc) is 2.74. The fraction of sp³-hybridized carbons (Fsp3) is 0.333. The molecule has 1 atom stereocenters. The van der Waals surface area contributed by atoms with Crippen LogP contribution >= 0.6 is 15.9 Å². The maximum atomic E-state index is 6.04. The quantitative estimate of drug-likeness (QED) is 0.879. The zero-order valence-electron chi connectivity index (χ0n) is 9.31. The highest BCUT2D eigenvalue weighted by atomic mass is 79.9. The first-order valence-corrected chi connectivity index (χ1v) is 6.49. The van der Waals surface area contributed by atoms with E-state index in [2.05, 4.69) is 26.0 Å². The Morgan fingerprint density at radius 3 is 3.06 bits per heavy atom. The number of benzene rings is 1. The van der Waals surface area contributed by atoms with Crippen molar-refractivity contribution >= 4 is 15.9 Å². The Bertz CT molecular complexity index is 549. The molecule has 17 heavy (non-hydrogen) atoms. The van der Waals surface area contributed by atoms with Crippen molar-refractivity contribution in [2.45, 2.75) is 25.4 Å². The maximum absolute atomic E-state index is 6.04. The number of halogens is 1. The Morgan fingerprint density at radius 2 is 2.29 bits per heavy atom. The van der Waals surface area contributed by atoms with Crippen molar-refractivity contribution in [2.24, 2.45) is 5.73 Å². The molecule has 5 heteroatoms. The smallest absolute Gasteiger partial charge is 0.181 e. The van der Waals surface area contributed by atoms with Gasteiger partial charge < -0.3 is 5.73 Å². The number of rotatable bonds is 1. The van der Waals surface area contributed by atoms with Gasteiger partial charge in [0.25, 0.3) is 0 Å². The van der Waals surface area contributed by atoms with Gasteiger partial charge in [0.15, 0.2) is 5.82 Å². The molecule has 2 aromatic rings. The van der Waals surface area contributed by atoms with Crippen LogP contribution in [0.4, 0.5) is 0 Å². The highest BCUT2D eigenvalue weighted by Crippen LogP contribution is 2.25. The molecule has 1 aromatic carbocycles. The molecule has 0 radical (unpaired) electrons. The lowest BCUT2D eigenvalue weighted by molar-refractivity contribution is 0.422. The van der Waals surface area contributed by atoms with Crippen LogP contribution in [0.1, 0.15) is 24.7 Å². The molecule has 4 nitrogen and oxygen atoms in total. The third kappa shape index (κ3) is 2.00. The van der Waals surface area contributed by atoms with Crippen LogP contribution in [0.2, 0.25) is 0 Å². The molecule has 88 valence electrons. The Balaban J connectivity index is 2.05. The monoisotopic (exact) mass is 292 g/mol. The minimum absolute atomic E-state index is 0.0251. The van der Waals surface area contributed by atoms with Crippen LogP contribution in [0, 0.1) is 0 Å². The molecule has 1 aromatic heterocycles. The highest BCUT2D eigenvalue weighted by molar-refractivity contribution is 9.10. The second kappa shape index (κ2) is 4.23. The van der Waals surface area contributed by atoms with Gasteiger partial charge >= 0.3 is 0 Å². The summed E-state index contributed by atoms with van der Waals surface area (Å²) >= 11 is 3.46. The molecule has 1 aliphatic rings. The number of nitrogens with zero attached hydrogens (tertiary/aromatic N) is 3. The van der Waals surface area contributed by atoms with Crippen LogP contribution < -0.4 is 5.73 Å². The molecule has 0 aliphatic carbocycles. The van der Waals surface area contributed by atoms with Gasteiger partial charge in [-0.25, -0.2) is 9.67 Å². The lowest BCUT2D eigenvalue weighted by Gasteiger charge is -2.17. The second-order valence-corrected chi connectivity index (χ2v) is 5.19. The van der Waals surface area contributed by atoms with E-state index in [9.17, 15) is 0 Å². The highest BCUT2D eigenvalue weighted by Gasteiger charge is 2.21. The standard InChI is InChI=1S/C12H13BrN4/c13-9-4-1-3-8(7-9)11-15-12-10(14)5-2-6-17(12)16-11/h1,3-4,7,10H,2,5-6,14H2. The third-order valence-electron chi connectivity index (χ3n) is 3.00. The Hall–Kier alpha value is -1.20. The van der Waals surface area contributed by atoms with Gasteiger partial charge in [-0.2, -0.15) is 5.10 Å². The molecule has 1 unspecified atom stereocenters. The first kappa shape index (κ1) is 10.9. The molecule has 1 aliphatic heterocycles. The summed E-state index contributed by atoms with van der Waals surface area (Å²) in [5, 5.41) is 4.52. The number of hydrogen-bond donors (Lipinski definition) is 1. The van der Waals surface area contributed by atoms with Gasteiger partial charge in [-0.05, 0) is 25.0 Å². The van der Waals surface area contributed by atoms with Gasteiger partial charge in [0, 0.05) is 16.6 Å². The minimum Gasteiger partial charge on any atom is -0.321 e. The normalized spacial score (nSPS) is 19.1. The van der Waals surface area contributed by atoms with Crippen molar-refractivity contribution in [3.8, 4) is 11.4 Å². The number of fused-ring (bicyclic) bond motifs is 1. The van der Waals surface area contributed by atoms with Crippen molar-refractivity contribution in [1.29, 1.82) is 0 Å². The number of hydrogen-bond acceptors (Lipinski definition) is 3. The fourth-order valence-corrected chi connectivity index (χ4v) is 2.53. The zero-order chi connectivity index (χ0) is 11.8. The Morgan fingerprint density at radius 1 is 1.41 bits per heavy atom. The summed E-state index contributed by atoms with van der Waals surface area (Å²) in [4.78, 5) is 4.55. The van der Waals surface area contributed by atoms with Gasteiger partial charge in [0.1, 0.15) is 5.82 Å². The molecular formula is C12H13BrN4. The summed E-state index contributed by atoms with van der Waals surface area (Å²) in [6.45, 7) is 0.921. The van der Waals surface area contributed by atoms with Crippen molar-refractivity contribution in [2.75, 3.05) is 0 Å². The van der Waals surface area contributed by atoms with E-state index < -0.39 is 0 Å². The van der Waals surface area contributed by atoms with E-state index in [0.29, 0.717) is 0 Å². The van der Waals surface area contributed by atoms with Crippen molar-refractivity contribution in [1.82, 2.24) is 14.8 Å². The SMILES string of the molecule is NC1CCCn2nc(-c3cccc(Br)c3)nc21. The Labute approximate surface area is 108 Å². The molecule has 2 heterocycles. The minimum atomic E-state index is 0.0251. The number of aryl methyl sites for hydroxylation is 1. The van der Waals surface area contributed by atoms with Crippen LogP contribution in [0.25, 0.3) is 11.4 Å². The van der Waals surface area contributed by atoms with Crippen LogP contribution in [0.3, 0.4) is 0 Å². The lowest BCUT2D eigenvalue weighted by Crippen LogP contribution is -2.22. The van der Waals surface area contributed by atoms with Gasteiger partial charge in [-0.15, -0.1) is 0 Å². The molecule has 0 saturated heterocycles. The van der Waals surface area contributed by atoms with Crippen molar-refractivity contribution in [3.63, 3.8) is 0 Å². The van der Waals surface area contributed by atoms with Gasteiger partial charge in [0.05, 0.1) is 6.04 Å². The summed E-state index contributed by atoms with van der Waals surface area (Å²) in [6, 6.07) is 8.03. The van der Waals surface area contributed by atoms with Crippen LogP contribution in [-0.2, 0) is 6.54 Å². The van der Waals surface area contributed by atoms with Crippen LogP contribution in [0.5, 0.6) is 0 Å². The molecule has 0 bridgehead atoms. The molecule has 0 amide bonds. The average molecular weight is 293 g/mol. The summed E-state index contributed by atoms with van der Waals surface area (Å²) in [6.07, 6.45) is 2.08. The van der Waals surface area contributed by atoms with E-state index in [-0.39, 0.29) is 6.04 Å². The molecular weight excluding hydrogens is 280 g/mol. The largest absolute Gasteiger partial charge is 0.321 e. The van der Waals surface area contributed by atoms with Crippen molar-refractivity contribution in [3.05, 3.63) is 34.6 Å². The van der Waals surface area contributed by atoms with E-state index >= 15 is 0 Å². The summed E-state index contributed by atoms with van der Waals surface area (Å²) in [7, 11) is 0. The topological polar surface area (TPSA) is 56.7 Å². The van der Waals surface area contributed by atoms with Gasteiger partial charge in [-0.1, -0.05) is 28.1 Å². The first-order chi connectivity index (χ1) is 8.24. The summed E-state index contributed by atoms with van der Waals surface area (Å²) in [5.74, 6) is 1.67. The fourth-order valence-electron chi connectivity index (χ4n) is 2.13. The third-order valence-corrected chi connectivity index (χ3v) is 3.49. The lowest BCUT2D eigenvalue weighted by atomic mass is 10.1. The van der Waals surface area contributed by atoms with Gasteiger partial charge in [0.2, 0.25) is 0 Å². The van der Waals surface area contributed by atoms with E-state index in [4.69, 9.17) is 5.73 Å².